The number of furan rings is 1. The standard InChI is InChI=1S/C13H12N6O4/c1-18(4-5-20)13-8-6-14-7-15-11(8)16-12(17-13)9-2-3-10(23-9)19(21)22/h2-3,6-7,20H,4-5H2,1H3. The topological polar surface area (TPSA) is 131 Å². The Morgan fingerprint density at radius 1 is 1.39 bits per heavy atom. The molecule has 0 bridgehead atoms. The molecule has 3 rings (SSSR count). The highest BCUT2D eigenvalue weighted by atomic mass is 16.6. The summed E-state index contributed by atoms with van der Waals surface area (Å²) < 4.78 is 5.14. The number of hydrogen-bond donors (Lipinski definition) is 1. The van der Waals surface area contributed by atoms with Crippen molar-refractivity contribution >= 4 is 22.7 Å². The van der Waals surface area contributed by atoms with Gasteiger partial charge in [-0.25, -0.2) is 19.9 Å². The van der Waals surface area contributed by atoms with Crippen molar-refractivity contribution < 1.29 is 14.4 Å². The zero-order chi connectivity index (χ0) is 16.4. The van der Waals surface area contributed by atoms with E-state index in [2.05, 4.69) is 19.9 Å². The predicted molar refractivity (Wildman–Crippen MR) is 79.8 cm³/mol. The third kappa shape index (κ3) is 2.79. The van der Waals surface area contributed by atoms with Gasteiger partial charge in [0.2, 0.25) is 0 Å². The lowest BCUT2D eigenvalue weighted by atomic mass is 10.3. The maximum Gasteiger partial charge on any atom is 0.433 e. The van der Waals surface area contributed by atoms with Gasteiger partial charge in [0.15, 0.2) is 17.2 Å². The molecule has 0 amide bonds. The minimum Gasteiger partial charge on any atom is -0.397 e. The molecule has 0 aliphatic rings. The average molecular weight is 316 g/mol. The Morgan fingerprint density at radius 3 is 2.91 bits per heavy atom. The third-order valence-electron chi connectivity index (χ3n) is 3.14. The van der Waals surface area contributed by atoms with Crippen LogP contribution < -0.4 is 4.90 Å². The van der Waals surface area contributed by atoms with Crippen molar-refractivity contribution in [3.05, 3.63) is 34.8 Å². The second-order valence-electron chi connectivity index (χ2n) is 4.67. The molecule has 3 heterocycles. The molecule has 0 unspecified atom stereocenters. The van der Waals surface area contributed by atoms with Crippen molar-refractivity contribution in [1.29, 1.82) is 0 Å². The molecule has 0 saturated carbocycles. The largest absolute Gasteiger partial charge is 0.433 e. The number of aliphatic hydroxyl groups is 1. The van der Waals surface area contributed by atoms with E-state index >= 15 is 0 Å². The van der Waals surface area contributed by atoms with Gasteiger partial charge in [0.05, 0.1) is 18.1 Å². The monoisotopic (exact) mass is 316 g/mol. The summed E-state index contributed by atoms with van der Waals surface area (Å²) in [7, 11) is 1.75. The van der Waals surface area contributed by atoms with E-state index in [1.165, 1.54) is 18.5 Å². The van der Waals surface area contributed by atoms with Crippen LogP contribution in [0.3, 0.4) is 0 Å². The quantitative estimate of drug-likeness (QED) is 0.541. The fraction of sp³-hybridized carbons (Fsp3) is 0.231. The number of anilines is 1. The van der Waals surface area contributed by atoms with E-state index < -0.39 is 10.8 Å². The highest BCUT2D eigenvalue weighted by Crippen LogP contribution is 2.28. The smallest absolute Gasteiger partial charge is 0.397 e. The Morgan fingerprint density at radius 2 is 2.22 bits per heavy atom. The number of nitro groups is 1. The SMILES string of the molecule is CN(CCO)c1nc(-c2ccc([N+](=O)[O-])o2)nc2ncncc12. The molecule has 0 aromatic carbocycles. The fourth-order valence-electron chi connectivity index (χ4n) is 2.06. The fourth-order valence-corrected chi connectivity index (χ4v) is 2.06. The van der Waals surface area contributed by atoms with Crippen molar-refractivity contribution in [1.82, 2.24) is 19.9 Å². The van der Waals surface area contributed by atoms with E-state index in [0.29, 0.717) is 23.4 Å². The number of fused-ring (bicyclic) bond motifs is 1. The zero-order valence-electron chi connectivity index (χ0n) is 12.1. The maximum absolute atomic E-state index is 10.7. The Hall–Kier alpha value is -3.14. The lowest BCUT2D eigenvalue weighted by molar-refractivity contribution is -0.401. The van der Waals surface area contributed by atoms with Crippen LogP contribution in [0.4, 0.5) is 11.7 Å². The molecule has 10 nitrogen and oxygen atoms in total. The maximum atomic E-state index is 10.7. The summed E-state index contributed by atoms with van der Waals surface area (Å²) in [5.41, 5.74) is 0.379. The Kier molecular flexibility index (Phi) is 3.81. The second kappa shape index (κ2) is 5.93. The predicted octanol–water partition coefficient (Wildman–Crippen LogP) is 1.02. The Labute approximate surface area is 129 Å². The van der Waals surface area contributed by atoms with E-state index in [1.54, 1.807) is 18.1 Å². The van der Waals surface area contributed by atoms with Crippen LogP contribution in [0.1, 0.15) is 0 Å². The van der Waals surface area contributed by atoms with Gasteiger partial charge >= 0.3 is 5.88 Å². The Balaban J connectivity index is 2.15. The first-order chi connectivity index (χ1) is 11.1. The number of nitrogens with zero attached hydrogens (tertiary/aromatic N) is 6. The summed E-state index contributed by atoms with van der Waals surface area (Å²) >= 11 is 0. The number of rotatable bonds is 5. The van der Waals surface area contributed by atoms with Gasteiger partial charge in [-0.15, -0.1) is 0 Å². The second-order valence-corrected chi connectivity index (χ2v) is 4.67. The van der Waals surface area contributed by atoms with Crippen LogP contribution >= 0.6 is 0 Å². The van der Waals surface area contributed by atoms with Crippen molar-refractivity contribution in [2.45, 2.75) is 0 Å². The molecule has 0 aliphatic carbocycles. The minimum absolute atomic E-state index is 0.0583. The van der Waals surface area contributed by atoms with Crippen LogP contribution in [0, 0.1) is 10.1 Å². The van der Waals surface area contributed by atoms with Crippen LogP contribution in [0.15, 0.2) is 29.1 Å². The number of aliphatic hydroxyl groups excluding tert-OH is 1. The normalized spacial score (nSPS) is 10.9. The molecule has 10 heteroatoms. The first kappa shape index (κ1) is 14.8. The summed E-state index contributed by atoms with van der Waals surface area (Å²) in [4.78, 5) is 28.5. The number of likely N-dealkylation sites (N-methyl/N-ethyl adjacent to an activating group) is 1. The first-order valence-corrected chi connectivity index (χ1v) is 6.64. The molecular weight excluding hydrogens is 304 g/mol. The molecule has 0 atom stereocenters. The molecule has 0 saturated heterocycles. The van der Waals surface area contributed by atoms with E-state index in [-0.39, 0.29) is 18.2 Å². The van der Waals surface area contributed by atoms with Crippen molar-refractivity contribution in [3.8, 4) is 11.6 Å². The van der Waals surface area contributed by atoms with Gasteiger partial charge < -0.3 is 14.4 Å². The van der Waals surface area contributed by atoms with Gasteiger partial charge in [-0.1, -0.05) is 0 Å². The van der Waals surface area contributed by atoms with Gasteiger partial charge in [0, 0.05) is 19.8 Å². The lowest BCUT2D eigenvalue weighted by Crippen LogP contribution is -2.23. The summed E-state index contributed by atoms with van der Waals surface area (Å²) in [6.07, 6.45) is 2.92. The minimum atomic E-state index is -0.633. The number of aromatic nitrogens is 4. The van der Waals surface area contributed by atoms with Gasteiger partial charge in [-0.2, -0.15) is 0 Å². The average Bonchev–Trinajstić information content (AvgIpc) is 3.04. The highest BCUT2D eigenvalue weighted by Gasteiger charge is 2.18. The molecule has 1 N–H and O–H groups in total. The van der Waals surface area contributed by atoms with Crippen molar-refractivity contribution in [3.63, 3.8) is 0 Å². The van der Waals surface area contributed by atoms with Gasteiger partial charge in [0.1, 0.15) is 17.1 Å². The Bertz CT molecular complexity index is 865. The molecule has 0 fully saturated rings. The molecule has 118 valence electrons. The van der Waals surface area contributed by atoms with Crippen molar-refractivity contribution in [2.24, 2.45) is 0 Å². The van der Waals surface area contributed by atoms with Gasteiger partial charge in [-0.05, 0) is 6.07 Å². The van der Waals surface area contributed by atoms with E-state index in [4.69, 9.17) is 9.52 Å². The molecule has 0 radical (unpaired) electrons. The number of hydrogen-bond acceptors (Lipinski definition) is 9. The van der Waals surface area contributed by atoms with Crippen LogP contribution in [0.2, 0.25) is 0 Å². The van der Waals surface area contributed by atoms with E-state index in [9.17, 15) is 10.1 Å². The van der Waals surface area contributed by atoms with Crippen LogP contribution in [-0.2, 0) is 0 Å². The summed E-state index contributed by atoms with van der Waals surface area (Å²) in [6.45, 7) is 0.288. The molecular formula is C13H12N6O4. The third-order valence-corrected chi connectivity index (χ3v) is 3.14. The van der Waals surface area contributed by atoms with Gasteiger partial charge in [0.25, 0.3) is 0 Å². The first-order valence-electron chi connectivity index (χ1n) is 6.64. The van der Waals surface area contributed by atoms with Crippen molar-refractivity contribution in [2.75, 3.05) is 25.1 Å². The summed E-state index contributed by atoms with van der Waals surface area (Å²) in [6, 6.07) is 2.66. The summed E-state index contributed by atoms with van der Waals surface area (Å²) in [5, 5.41) is 20.4. The van der Waals surface area contributed by atoms with E-state index in [0.717, 1.165) is 0 Å². The highest BCUT2D eigenvalue weighted by molar-refractivity contribution is 5.87. The lowest BCUT2D eigenvalue weighted by Gasteiger charge is -2.18. The molecule has 3 aromatic heterocycles. The van der Waals surface area contributed by atoms with Crippen LogP contribution in [-0.4, -0.2) is 50.2 Å². The van der Waals surface area contributed by atoms with Crippen LogP contribution in [0.5, 0.6) is 0 Å². The zero-order valence-corrected chi connectivity index (χ0v) is 12.1. The molecule has 0 spiro atoms. The summed E-state index contributed by atoms with van der Waals surface area (Å²) in [5.74, 6) is 0.440. The van der Waals surface area contributed by atoms with E-state index in [1.807, 2.05) is 0 Å². The van der Waals surface area contributed by atoms with Crippen LogP contribution in [0.25, 0.3) is 22.6 Å². The molecule has 23 heavy (non-hydrogen) atoms. The molecule has 0 aliphatic heterocycles. The molecule has 3 aromatic rings. The van der Waals surface area contributed by atoms with Gasteiger partial charge in [-0.3, -0.25) is 10.1 Å².